The molecule has 94 valence electrons. The second kappa shape index (κ2) is 4.04. The molecule has 0 unspecified atom stereocenters. The lowest BCUT2D eigenvalue weighted by atomic mass is 10.5. The molecule has 4 aromatic heterocycles. The molecule has 0 aliphatic heterocycles. The van der Waals surface area contributed by atoms with Gasteiger partial charge < -0.3 is 0 Å². The second-order valence-corrected chi connectivity index (χ2v) is 3.56. The zero-order chi connectivity index (χ0) is 13.4. The van der Waals surface area contributed by atoms with Crippen molar-refractivity contribution in [3.8, 4) is 11.6 Å². The van der Waals surface area contributed by atoms with Gasteiger partial charge in [-0.05, 0) is 10.4 Å². The van der Waals surface area contributed by atoms with E-state index in [1.807, 2.05) is 0 Å². The van der Waals surface area contributed by atoms with E-state index in [1.54, 1.807) is 0 Å². The van der Waals surface area contributed by atoms with Crippen molar-refractivity contribution >= 4 is 22.3 Å². The van der Waals surface area contributed by atoms with E-state index in [4.69, 9.17) is 0 Å². The quantitative estimate of drug-likeness (QED) is 0.389. The topological polar surface area (TPSA) is 155 Å². The Morgan fingerprint density at radius 3 is 1.55 bits per heavy atom. The minimum atomic E-state index is 0.193. The predicted molar refractivity (Wildman–Crippen MR) is 60.4 cm³/mol. The first-order valence-electron chi connectivity index (χ1n) is 5.28. The Morgan fingerprint density at radius 2 is 1.05 bits per heavy atom. The molecule has 0 aliphatic carbocycles. The van der Waals surface area contributed by atoms with Crippen LogP contribution in [0.15, 0.2) is 12.4 Å². The summed E-state index contributed by atoms with van der Waals surface area (Å²) < 4.78 is 0. The normalized spacial score (nSPS) is 11.0. The molecule has 4 rings (SSSR count). The number of hydrogen-bond donors (Lipinski definition) is 0. The number of hydrogen-bond acceptors (Lipinski definition) is 12. The van der Waals surface area contributed by atoms with Crippen LogP contribution in [0.2, 0.25) is 0 Å². The van der Waals surface area contributed by atoms with Gasteiger partial charge in [0, 0.05) is 0 Å². The van der Waals surface area contributed by atoms with Gasteiger partial charge >= 0.3 is 0 Å². The number of rotatable bonds is 1. The van der Waals surface area contributed by atoms with Gasteiger partial charge in [-0.3, -0.25) is 0 Å². The van der Waals surface area contributed by atoms with Crippen LogP contribution in [0, 0.1) is 0 Å². The lowest BCUT2D eigenvalue weighted by Gasteiger charge is -1.98. The summed E-state index contributed by atoms with van der Waals surface area (Å²) in [6, 6.07) is 0. The Labute approximate surface area is 108 Å². The van der Waals surface area contributed by atoms with Crippen molar-refractivity contribution in [2.24, 2.45) is 0 Å². The molecule has 0 saturated heterocycles. The van der Waals surface area contributed by atoms with Gasteiger partial charge in [-0.1, -0.05) is 0 Å². The van der Waals surface area contributed by atoms with Gasteiger partial charge in [-0.25, -0.2) is 9.97 Å². The van der Waals surface area contributed by atoms with Gasteiger partial charge in [0.1, 0.15) is 11.0 Å². The largest absolute Gasteiger partial charge is 0.225 e. The van der Waals surface area contributed by atoms with E-state index < -0.39 is 0 Å². The first kappa shape index (κ1) is 10.5. The van der Waals surface area contributed by atoms with Gasteiger partial charge in [0.05, 0.1) is 12.4 Å². The summed E-state index contributed by atoms with van der Waals surface area (Å²) in [6.07, 6.45) is 2.84. The molecule has 0 spiro atoms. The van der Waals surface area contributed by atoms with Crippen LogP contribution in [0.5, 0.6) is 0 Å². The molecular formula is C8H2N12. The first-order valence-corrected chi connectivity index (χ1v) is 5.28. The Morgan fingerprint density at radius 1 is 0.550 bits per heavy atom. The minimum Gasteiger partial charge on any atom is -0.218 e. The molecule has 0 radical (unpaired) electrons. The fourth-order valence-corrected chi connectivity index (χ4v) is 1.47. The average Bonchev–Trinajstić information content (AvgIpc) is 2.54. The molecule has 20 heavy (non-hydrogen) atoms. The molecule has 0 bridgehead atoms. The average molecular weight is 266 g/mol. The van der Waals surface area contributed by atoms with Gasteiger partial charge in [0.25, 0.3) is 0 Å². The fraction of sp³-hybridized carbons (Fsp3) is 0. The minimum absolute atomic E-state index is 0.193. The van der Waals surface area contributed by atoms with Crippen molar-refractivity contribution in [2.75, 3.05) is 0 Å². The number of aromatic nitrogens is 12. The summed E-state index contributed by atoms with van der Waals surface area (Å²) in [4.78, 5) is 8.38. The van der Waals surface area contributed by atoms with Crippen molar-refractivity contribution in [3.63, 3.8) is 0 Å². The summed E-state index contributed by atoms with van der Waals surface area (Å²) in [5.74, 6) is 0.386. The van der Waals surface area contributed by atoms with Crippen LogP contribution in [-0.4, -0.2) is 61.2 Å². The van der Waals surface area contributed by atoms with Crippen molar-refractivity contribution in [1.29, 1.82) is 0 Å². The summed E-state index contributed by atoms with van der Waals surface area (Å²) in [5.41, 5.74) is 1.43. The second-order valence-electron chi connectivity index (χ2n) is 3.56. The predicted octanol–water partition coefficient (Wildman–Crippen LogP) is -1.60. The zero-order valence-corrected chi connectivity index (χ0v) is 9.52. The Bertz CT molecular complexity index is 846. The molecular weight excluding hydrogens is 264 g/mol. The van der Waals surface area contributed by atoms with E-state index >= 15 is 0 Å². The van der Waals surface area contributed by atoms with E-state index in [1.165, 1.54) is 12.4 Å². The molecule has 0 aliphatic rings. The Hall–Kier alpha value is -3.44. The molecule has 12 nitrogen and oxygen atoms in total. The standard InChI is InChI=1S/C8H2N12/c1-3-5(17-19-9-1)13-15-7(11-3)8-12-4-2-10-20-18-6(4)14-16-8/h1-2H. The lowest BCUT2D eigenvalue weighted by molar-refractivity contribution is 0.847. The summed E-state index contributed by atoms with van der Waals surface area (Å²) in [6.45, 7) is 0. The van der Waals surface area contributed by atoms with E-state index in [2.05, 4.69) is 61.2 Å². The van der Waals surface area contributed by atoms with Crippen LogP contribution in [0.1, 0.15) is 0 Å². The van der Waals surface area contributed by atoms with Crippen molar-refractivity contribution in [3.05, 3.63) is 12.4 Å². The van der Waals surface area contributed by atoms with Gasteiger partial charge in [-0.15, -0.1) is 40.8 Å². The smallest absolute Gasteiger partial charge is 0.218 e. The van der Waals surface area contributed by atoms with Crippen molar-refractivity contribution in [1.82, 2.24) is 61.2 Å². The third-order valence-electron chi connectivity index (χ3n) is 2.33. The number of nitrogens with zero attached hydrogens (tertiary/aromatic N) is 12. The molecule has 0 N–H and O–H groups in total. The maximum absolute atomic E-state index is 4.19. The van der Waals surface area contributed by atoms with Crippen LogP contribution in [0.3, 0.4) is 0 Å². The highest BCUT2D eigenvalue weighted by molar-refractivity contribution is 5.71. The van der Waals surface area contributed by atoms with Crippen molar-refractivity contribution < 1.29 is 0 Å². The molecule has 0 fully saturated rings. The summed E-state index contributed by atoms with van der Waals surface area (Å²) >= 11 is 0. The van der Waals surface area contributed by atoms with Gasteiger partial charge in [0.2, 0.25) is 22.9 Å². The monoisotopic (exact) mass is 266 g/mol. The highest BCUT2D eigenvalue weighted by Gasteiger charge is 2.11. The third kappa shape index (κ3) is 1.63. The molecule has 12 heteroatoms. The molecule has 0 amide bonds. The third-order valence-corrected chi connectivity index (χ3v) is 2.33. The van der Waals surface area contributed by atoms with Crippen molar-refractivity contribution in [2.45, 2.75) is 0 Å². The van der Waals surface area contributed by atoms with Gasteiger partial charge in [0.15, 0.2) is 0 Å². The van der Waals surface area contributed by atoms with E-state index in [0.29, 0.717) is 11.0 Å². The molecule has 0 saturated carbocycles. The first-order chi connectivity index (χ1) is 9.90. The molecule has 0 atom stereocenters. The van der Waals surface area contributed by atoms with Crippen LogP contribution < -0.4 is 0 Å². The van der Waals surface area contributed by atoms with E-state index in [0.717, 1.165) is 0 Å². The van der Waals surface area contributed by atoms with Gasteiger partial charge in [-0.2, -0.15) is 0 Å². The van der Waals surface area contributed by atoms with Crippen LogP contribution in [-0.2, 0) is 0 Å². The molecule has 4 aromatic rings. The van der Waals surface area contributed by atoms with Crippen LogP contribution in [0.25, 0.3) is 34.0 Å². The Balaban J connectivity index is 1.91. The van der Waals surface area contributed by atoms with E-state index in [9.17, 15) is 0 Å². The maximum atomic E-state index is 4.19. The maximum Gasteiger partial charge on any atom is 0.225 e. The molecule has 4 heterocycles. The SMILES string of the molecule is c1nnnc2nnc(-c3nnc4nnncc4n3)nc12. The van der Waals surface area contributed by atoms with Crippen LogP contribution in [0.4, 0.5) is 0 Å². The Kier molecular flexibility index (Phi) is 2.12. The van der Waals surface area contributed by atoms with Crippen LogP contribution >= 0.6 is 0 Å². The zero-order valence-electron chi connectivity index (χ0n) is 9.52. The highest BCUT2D eigenvalue weighted by atomic mass is 15.4. The fourth-order valence-electron chi connectivity index (χ4n) is 1.47. The highest BCUT2D eigenvalue weighted by Crippen LogP contribution is 2.11. The molecule has 0 aromatic carbocycles. The number of fused-ring (bicyclic) bond motifs is 2. The summed E-state index contributed by atoms with van der Waals surface area (Å²) in [7, 11) is 0. The summed E-state index contributed by atoms with van der Waals surface area (Å²) in [5, 5.41) is 37.0. The van der Waals surface area contributed by atoms with E-state index in [-0.39, 0.29) is 22.9 Å². The lowest BCUT2D eigenvalue weighted by Crippen LogP contribution is -2.03.